The van der Waals surface area contributed by atoms with Gasteiger partial charge in [0.2, 0.25) is 5.09 Å². The van der Waals surface area contributed by atoms with Gasteiger partial charge in [-0.2, -0.15) is 0 Å². The van der Waals surface area contributed by atoms with E-state index in [4.69, 9.17) is 9.15 Å². The molecule has 0 spiro atoms. The maximum absolute atomic E-state index is 12.1. The van der Waals surface area contributed by atoms with Gasteiger partial charge in [-0.05, 0) is 37.4 Å². The average molecular weight is 302 g/mol. The van der Waals surface area contributed by atoms with E-state index < -0.39 is 10.0 Å². The minimum atomic E-state index is -3.55. The van der Waals surface area contributed by atoms with E-state index >= 15 is 0 Å². The molecule has 1 aromatic heterocycles. The maximum atomic E-state index is 12.1. The molecule has 114 valence electrons. The largest absolute Gasteiger partial charge is 0.447 e. The smallest absolute Gasteiger partial charge is 0.273 e. The molecule has 20 heavy (non-hydrogen) atoms. The van der Waals surface area contributed by atoms with Crippen LogP contribution in [0.4, 0.5) is 0 Å². The fourth-order valence-electron chi connectivity index (χ4n) is 2.10. The van der Waals surface area contributed by atoms with Crippen LogP contribution in [0, 0.1) is 5.92 Å². The third kappa shape index (κ3) is 4.31. The van der Waals surface area contributed by atoms with E-state index in [9.17, 15) is 8.42 Å². The molecule has 2 heterocycles. The zero-order valence-electron chi connectivity index (χ0n) is 11.7. The molecule has 1 aromatic rings. The number of rotatable bonds is 7. The summed E-state index contributed by atoms with van der Waals surface area (Å²) >= 11 is 0. The van der Waals surface area contributed by atoms with Crippen molar-refractivity contribution in [2.75, 3.05) is 26.3 Å². The topological polar surface area (TPSA) is 80.6 Å². The molecule has 2 rings (SSSR count). The normalized spacial score (nSPS) is 17.4. The number of hydrogen-bond donors (Lipinski definition) is 2. The summed E-state index contributed by atoms with van der Waals surface area (Å²) < 4.78 is 37.4. The molecule has 0 aliphatic carbocycles. The van der Waals surface area contributed by atoms with Crippen molar-refractivity contribution in [1.82, 2.24) is 10.0 Å². The fourth-order valence-corrected chi connectivity index (χ4v) is 3.16. The molecular weight excluding hydrogens is 280 g/mol. The van der Waals surface area contributed by atoms with Crippen molar-refractivity contribution in [1.29, 1.82) is 0 Å². The van der Waals surface area contributed by atoms with Gasteiger partial charge in [0.15, 0.2) is 0 Å². The van der Waals surface area contributed by atoms with Gasteiger partial charge in [0, 0.05) is 19.8 Å². The minimum Gasteiger partial charge on any atom is -0.447 e. The predicted octanol–water partition coefficient (Wildman–Crippen LogP) is 1.09. The first-order valence-corrected chi connectivity index (χ1v) is 8.47. The predicted molar refractivity (Wildman–Crippen MR) is 74.8 cm³/mol. The summed E-state index contributed by atoms with van der Waals surface area (Å²) in [5, 5.41) is 3.07. The maximum Gasteiger partial charge on any atom is 0.273 e. The zero-order valence-corrected chi connectivity index (χ0v) is 12.5. The van der Waals surface area contributed by atoms with Crippen LogP contribution >= 0.6 is 0 Å². The third-order valence-corrected chi connectivity index (χ3v) is 4.65. The van der Waals surface area contributed by atoms with E-state index in [2.05, 4.69) is 10.0 Å². The SMILES string of the molecule is CCNCc1ccc(S(=O)(=O)NCC2CCOCC2)o1. The van der Waals surface area contributed by atoms with Gasteiger partial charge in [0.05, 0.1) is 6.54 Å². The second-order valence-corrected chi connectivity index (χ2v) is 6.61. The molecule has 1 saturated heterocycles. The summed E-state index contributed by atoms with van der Waals surface area (Å²) in [5.74, 6) is 0.966. The van der Waals surface area contributed by atoms with Gasteiger partial charge in [-0.3, -0.25) is 0 Å². The van der Waals surface area contributed by atoms with Gasteiger partial charge in [-0.1, -0.05) is 6.92 Å². The number of hydrogen-bond acceptors (Lipinski definition) is 5. The highest BCUT2D eigenvalue weighted by molar-refractivity contribution is 7.89. The average Bonchev–Trinajstić information content (AvgIpc) is 2.94. The number of sulfonamides is 1. The Morgan fingerprint density at radius 3 is 2.75 bits per heavy atom. The highest BCUT2D eigenvalue weighted by Crippen LogP contribution is 2.17. The molecule has 1 fully saturated rings. The monoisotopic (exact) mass is 302 g/mol. The summed E-state index contributed by atoms with van der Waals surface area (Å²) in [6.07, 6.45) is 1.79. The second kappa shape index (κ2) is 7.21. The molecule has 7 heteroatoms. The first-order valence-electron chi connectivity index (χ1n) is 6.98. The van der Waals surface area contributed by atoms with Crippen molar-refractivity contribution in [2.45, 2.75) is 31.4 Å². The number of ether oxygens (including phenoxy) is 1. The molecule has 0 amide bonds. The highest BCUT2D eigenvalue weighted by Gasteiger charge is 2.21. The van der Waals surface area contributed by atoms with Gasteiger partial charge in [0.1, 0.15) is 5.76 Å². The van der Waals surface area contributed by atoms with Gasteiger partial charge in [-0.15, -0.1) is 0 Å². The Balaban J connectivity index is 1.90. The van der Waals surface area contributed by atoms with Crippen molar-refractivity contribution >= 4 is 10.0 Å². The van der Waals surface area contributed by atoms with E-state index in [1.165, 1.54) is 6.07 Å². The third-order valence-electron chi connectivity index (χ3n) is 3.35. The molecule has 0 bridgehead atoms. The highest BCUT2D eigenvalue weighted by atomic mass is 32.2. The lowest BCUT2D eigenvalue weighted by Crippen LogP contribution is -2.32. The van der Waals surface area contributed by atoms with Gasteiger partial charge < -0.3 is 14.5 Å². The zero-order chi connectivity index (χ0) is 14.4. The summed E-state index contributed by atoms with van der Waals surface area (Å²) in [4.78, 5) is 0. The van der Waals surface area contributed by atoms with Crippen LogP contribution in [0.5, 0.6) is 0 Å². The summed E-state index contributed by atoms with van der Waals surface area (Å²) in [6, 6.07) is 3.19. The molecule has 1 aliphatic rings. The Morgan fingerprint density at radius 2 is 2.05 bits per heavy atom. The van der Waals surface area contributed by atoms with Crippen molar-refractivity contribution in [3.05, 3.63) is 17.9 Å². The van der Waals surface area contributed by atoms with Crippen molar-refractivity contribution < 1.29 is 17.6 Å². The lowest BCUT2D eigenvalue weighted by atomic mass is 10.0. The second-order valence-electron chi connectivity index (χ2n) is 4.91. The van der Waals surface area contributed by atoms with Crippen LogP contribution in [0.3, 0.4) is 0 Å². The van der Waals surface area contributed by atoms with E-state index in [1.807, 2.05) is 6.92 Å². The van der Waals surface area contributed by atoms with Gasteiger partial charge in [-0.25, -0.2) is 13.1 Å². The minimum absolute atomic E-state index is 0.0162. The molecule has 2 N–H and O–H groups in total. The Bertz CT molecular complexity index is 506. The molecule has 0 saturated carbocycles. The molecule has 0 atom stereocenters. The molecule has 0 unspecified atom stereocenters. The van der Waals surface area contributed by atoms with Crippen LogP contribution in [0.15, 0.2) is 21.6 Å². The van der Waals surface area contributed by atoms with Crippen molar-refractivity contribution in [2.24, 2.45) is 5.92 Å². The van der Waals surface area contributed by atoms with Crippen LogP contribution in [0.1, 0.15) is 25.5 Å². The van der Waals surface area contributed by atoms with Gasteiger partial charge >= 0.3 is 0 Å². The quantitative estimate of drug-likeness (QED) is 0.788. The first-order chi connectivity index (χ1) is 9.62. The molecule has 0 radical (unpaired) electrons. The van der Waals surface area contributed by atoms with E-state index in [0.29, 0.717) is 38.0 Å². The lowest BCUT2D eigenvalue weighted by molar-refractivity contribution is 0.0678. The number of furan rings is 1. The number of nitrogens with one attached hydrogen (secondary N) is 2. The van der Waals surface area contributed by atoms with Gasteiger partial charge in [0.25, 0.3) is 10.0 Å². The fraction of sp³-hybridized carbons (Fsp3) is 0.692. The summed E-state index contributed by atoms with van der Waals surface area (Å²) in [6.45, 7) is 5.18. The van der Waals surface area contributed by atoms with Crippen molar-refractivity contribution in [3.8, 4) is 0 Å². The first kappa shape index (κ1) is 15.5. The Hall–Kier alpha value is -0.890. The van der Waals surface area contributed by atoms with E-state index in [-0.39, 0.29) is 5.09 Å². The molecule has 1 aliphatic heterocycles. The standard InChI is InChI=1S/C13H22N2O4S/c1-2-14-10-12-3-4-13(19-12)20(16,17)15-9-11-5-7-18-8-6-11/h3-4,11,14-15H,2,5-10H2,1H3. The van der Waals surface area contributed by atoms with Crippen LogP contribution in [0.25, 0.3) is 0 Å². The summed E-state index contributed by atoms with van der Waals surface area (Å²) in [5.41, 5.74) is 0. The molecular formula is C13H22N2O4S. The lowest BCUT2D eigenvalue weighted by Gasteiger charge is -2.21. The summed E-state index contributed by atoms with van der Waals surface area (Å²) in [7, 11) is -3.55. The van der Waals surface area contributed by atoms with Crippen LogP contribution < -0.4 is 10.0 Å². The van der Waals surface area contributed by atoms with E-state index in [0.717, 1.165) is 19.4 Å². The molecule has 6 nitrogen and oxygen atoms in total. The Morgan fingerprint density at radius 1 is 1.30 bits per heavy atom. The molecule has 0 aromatic carbocycles. The van der Waals surface area contributed by atoms with Crippen LogP contribution in [-0.2, 0) is 21.3 Å². The van der Waals surface area contributed by atoms with Crippen LogP contribution in [0.2, 0.25) is 0 Å². The Kier molecular flexibility index (Phi) is 5.59. The van der Waals surface area contributed by atoms with Crippen LogP contribution in [-0.4, -0.2) is 34.7 Å². The van der Waals surface area contributed by atoms with Crippen molar-refractivity contribution in [3.63, 3.8) is 0 Å². The Labute approximate surface area is 119 Å². The van der Waals surface area contributed by atoms with E-state index in [1.54, 1.807) is 6.07 Å².